The van der Waals surface area contributed by atoms with Gasteiger partial charge >= 0.3 is 5.97 Å². The summed E-state index contributed by atoms with van der Waals surface area (Å²) in [7, 11) is 0. The predicted molar refractivity (Wildman–Crippen MR) is 45.1 cm³/mol. The van der Waals surface area contributed by atoms with E-state index in [1.807, 2.05) is 0 Å². The van der Waals surface area contributed by atoms with Crippen molar-refractivity contribution in [2.45, 2.75) is 20.0 Å². The fourth-order valence-corrected chi connectivity index (χ4v) is 0.546. The first-order chi connectivity index (χ1) is 5.61. The van der Waals surface area contributed by atoms with E-state index in [2.05, 4.69) is 6.58 Å². The second-order valence-electron chi connectivity index (χ2n) is 2.38. The zero-order chi connectivity index (χ0) is 9.56. The highest BCUT2D eigenvalue weighted by Crippen LogP contribution is 1.99. The summed E-state index contributed by atoms with van der Waals surface area (Å²) in [4.78, 5) is 11.0. The molecule has 0 fully saturated rings. The Morgan fingerprint density at radius 2 is 2.25 bits per heavy atom. The van der Waals surface area contributed by atoms with Crippen LogP contribution in [0.1, 0.15) is 13.8 Å². The third-order valence-electron chi connectivity index (χ3n) is 0.968. The van der Waals surface area contributed by atoms with Crippen molar-refractivity contribution in [2.24, 2.45) is 0 Å². The summed E-state index contributed by atoms with van der Waals surface area (Å²) in [5, 5.41) is 8.47. The molecule has 0 bridgehead atoms. The van der Waals surface area contributed by atoms with Crippen LogP contribution < -0.4 is 0 Å². The van der Waals surface area contributed by atoms with Crippen molar-refractivity contribution in [3.05, 3.63) is 24.3 Å². The molecule has 0 aromatic heterocycles. The van der Waals surface area contributed by atoms with Gasteiger partial charge in [-0.2, -0.15) is 5.26 Å². The van der Waals surface area contributed by atoms with Crippen molar-refractivity contribution in [1.29, 1.82) is 5.26 Å². The molecule has 0 aliphatic rings. The topological polar surface area (TPSA) is 50.1 Å². The lowest BCUT2D eigenvalue weighted by atomic mass is 10.3. The maximum absolute atomic E-state index is 11.0. The largest absolute Gasteiger partial charge is 0.459 e. The molecule has 3 heteroatoms. The smallest absolute Gasteiger partial charge is 0.349 e. The number of ether oxygens (including phenoxy) is 1. The van der Waals surface area contributed by atoms with Gasteiger partial charge in [0.15, 0.2) is 0 Å². The van der Waals surface area contributed by atoms with Gasteiger partial charge in [0.1, 0.15) is 11.6 Å². The highest BCUT2D eigenvalue weighted by molar-refractivity contribution is 5.93. The van der Waals surface area contributed by atoms with E-state index in [4.69, 9.17) is 10.00 Å². The normalized spacial score (nSPS) is 10.7. The molecule has 0 heterocycles. The zero-order valence-electron chi connectivity index (χ0n) is 7.20. The minimum Gasteiger partial charge on any atom is -0.459 e. The van der Waals surface area contributed by atoms with E-state index in [-0.39, 0.29) is 11.7 Å². The van der Waals surface area contributed by atoms with Crippen LogP contribution in [-0.2, 0) is 9.53 Å². The summed E-state index contributed by atoms with van der Waals surface area (Å²) in [5.41, 5.74) is -0.0290. The van der Waals surface area contributed by atoms with Crippen LogP contribution in [0.2, 0.25) is 0 Å². The van der Waals surface area contributed by atoms with Crippen molar-refractivity contribution in [1.82, 2.24) is 0 Å². The molecule has 0 N–H and O–H groups in total. The maximum atomic E-state index is 11.0. The molecular formula is C9H11NO2. The highest BCUT2D eigenvalue weighted by atomic mass is 16.5. The van der Waals surface area contributed by atoms with Gasteiger partial charge in [-0.05, 0) is 19.9 Å². The molecule has 0 amide bonds. The summed E-state index contributed by atoms with van der Waals surface area (Å²) in [5.74, 6) is -0.604. The quantitative estimate of drug-likeness (QED) is 0.276. The minimum atomic E-state index is -0.604. The van der Waals surface area contributed by atoms with Crippen molar-refractivity contribution in [3.8, 4) is 6.07 Å². The van der Waals surface area contributed by atoms with Gasteiger partial charge in [-0.3, -0.25) is 0 Å². The number of hydrogen-bond acceptors (Lipinski definition) is 3. The number of carbonyl (C=O) groups is 1. The van der Waals surface area contributed by atoms with Gasteiger partial charge in [0, 0.05) is 0 Å². The average molecular weight is 165 g/mol. The number of esters is 1. The van der Waals surface area contributed by atoms with Gasteiger partial charge in [-0.15, -0.1) is 0 Å². The number of hydrogen-bond donors (Lipinski definition) is 0. The first-order valence-corrected chi connectivity index (χ1v) is 3.55. The molecule has 0 unspecified atom stereocenters. The Morgan fingerprint density at radius 1 is 1.67 bits per heavy atom. The Kier molecular flexibility index (Phi) is 4.47. The van der Waals surface area contributed by atoms with Crippen molar-refractivity contribution < 1.29 is 9.53 Å². The van der Waals surface area contributed by atoms with E-state index < -0.39 is 5.97 Å². The van der Waals surface area contributed by atoms with Gasteiger partial charge in [0.2, 0.25) is 0 Å². The van der Waals surface area contributed by atoms with Crippen LogP contribution in [-0.4, -0.2) is 12.1 Å². The van der Waals surface area contributed by atoms with Crippen LogP contribution in [0.3, 0.4) is 0 Å². The summed E-state index contributed by atoms with van der Waals surface area (Å²) in [6.45, 7) is 6.82. The number of nitriles is 1. The molecule has 0 saturated carbocycles. The third-order valence-corrected chi connectivity index (χ3v) is 0.968. The van der Waals surface area contributed by atoms with Gasteiger partial charge < -0.3 is 4.74 Å². The second kappa shape index (κ2) is 5.14. The van der Waals surface area contributed by atoms with E-state index in [9.17, 15) is 4.79 Å². The molecule has 12 heavy (non-hydrogen) atoms. The molecule has 3 nitrogen and oxygen atoms in total. The van der Waals surface area contributed by atoms with Crippen LogP contribution in [0.25, 0.3) is 0 Å². The first-order valence-electron chi connectivity index (χ1n) is 3.55. The van der Waals surface area contributed by atoms with Crippen molar-refractivity contribution >= 4 is 5.97 Å². The van der Waals surface area contributed by atoms with Crippen molar-refractivity contribution in [3.63, 3.8) is 0 Å². The first kappa shape index (κ1) is 10.4. The SMILES string of the molecule is C=C/C=C(\C#N)C(=O)OC(C)C. The molecule has 0 aliphatic carbocycles. The fraction of sp³-hybridized carbons (Fsp3) is 0.333. The lowest BCUT2D eigenvalue weighted by Crippen LogP contribution is -2.12. The third kappa shape index (κ3) is 3.57. The maximum Gasteiger partial charge on any atom is 0.349 e. The number of carbonyl (C=O) groups excluding carboxylic acids is 1. The zero-order valence-corrected chi connectivity index (χ0v) is 7.20. The highest BCUT2D eigenvalue weighted by Gasteiger charge is 2.10. The van der Waals surface area contributed by atoms with Crippen LogP contribution in [0.4, 0.5) is 0 Å². The summed E-state index contributed by atoms with van der Waals surface area (Å²) in [6, 6.07) is 1.72. The summed E-state index contributed by atoms with van der Waals surface area (Å²) < 4.78 is 4.78. The Bertz CT molecular complexity index is 246. The Hall–Kier alpha value is -1.56. The predicted octanol–water partition coefficient (Wildman–Crippen LogP) is 1.57. The van der Waals surface area contributed by atoms with E-state index in [0.29, 0.717) is 0 Å². The van der Waals surface area contributed by atoms with E-state index in [1.165, 1.54) is 12.2 Å². The molecule has 0 atom stereocenters. The van der Waals surface area contributed by atoms with Crippen LogP contribution in [0, 0.1) is 11.3 Å². The number of rotatable bonds is 3. The monoisotopic (exact) mass is 165 g/mol. The molecule has 0 radical (unpaired) electrons. The van der Waals surface area contributed by atoms with Gasteiger partial charge in [-0.25, -0.2) is 4.79 Å². The van der Waals surface area contributed by atoms with Crippen LogP contribution in [0.5, 0.6) is 0 Å². The second-order valence-corrected chi connectivity index (χ2v) is 2.38. The lowest BCUT2D eigenvalue weighted by molar-refractivity contribution is -0.142. The molecule has 0 saturated heterocycles. The molecule has 0 aromatic carbocycles. The van der Waals surface area contributed by atoms with Crippen LogP contribution in [0.15, 0.2) is 24.3 Å². The number of allylic oxidation sites excluding steroid dienone is 2. The molecule has 0 aromatic rings. The average Bonchev–Trinajstić information content (AvgIpc) is 1.98. The van der Waals surface area contributed by atoms with E-state index in [0.717, 1.165) is 0 Å². The van der Waals surface area contributed by atoms with Gasteiger partial charge in [0.05, 0.1) is 6.10 Å². The van der Waals surface area contributed by atoms with Gasteiger partial charge in [-0.1, -0.05) is 12.7 Å². The van der Waals surface area contributed by atoms with Gasteiger partial charge in [0.25, 0.3) is 0 Å². The Labute approximate surface area is 71.9 Å². The Balaban J connectivity index is 4.36. The fourth-order valence-electron chi connectivity index (χ4n) is 0.546. The summed E-state index contributed by atoms with van der Waals surface area (Å²) in [6.07, 6.45) is 2.49. The standard InChI is InChI=1S/C9H11NO2/c1-4-5-8(6-10)9(11)12-7(2)3/h4-5,7H,1H2,2-3H3/b8-5+. The molecule has 64 valence electrons. The van der Waals surface area contributed by atoms with Crippen molar-refractivity contribution in [2.75, 3.05) is 0 Å². The molecule has 0 rings (SSSR count). The Morgan fingerprint density at radius 3 is 2.58 bits per heavy atom. The molecular weight excluding hydrogens is 154 g/mol. The number of nitrogens with zero attached hydrogens (tertiary/aromatic N) is 1. The van der Waals surface area contributed by atoms with Crippen LogP contribution >= 0.6 is 0 Å². The minimum absolute atomic E-state index is 0.0290. The lowest BCUT2D eigenvalue weighted by Gasteiger charge is -2.05. The van der Waals surface area contributed by atoms with E-state index in [1.54, 1.807) is 19.9 Å². The molecule has 0 aliphatic heterocycles. The summed E-state index contributed by atoms with van der Waals surface area (Å²) >= 11 is 0. The molecule has 0 spiro atoms. The van der Waals surface area contributed by atoms with E-state index >= 15 is 0 Å².